The number of nitrogens with one attached hydrogen (secondary N) is 2. The number of carbonyl (C=O) groups excluding carboxylic acids is 1. The Kier molecular flexibility index (Phi) is 2.01. The van der Waals surface area contributed by atoms with E-state index in [0.29, 0.717) is 18.1 Å². The van der Waals surface area contributed by atoms with Crippen LogP contribution in [0.5, 0.6) is 0 Å². The molecule has 1 aliphatic rings. The molecule has 1 aromatic rings. The maximum absolute atomic E-state index is 10.8. The number of nitrogens with two attached hydrogens (primary N) is 1. The lowest BCUT2D eigenvalue weighted by molar-refractivity contribution is -0.119. The summed E-state index contributed by atoms with van der Waals surface area (Å²) in [5, 5.41) is 6.46. The van der Waals surface area contributed by atoms with E-state index in [1.54, 1.807) is 0 Å². The summed E-state index contributed by atoms with van der Waals surface area (Å²) >= 11 is 1.20. The molecule has 1 aromatic heterocycles. The lowest BCUT2D eigenvalue weighted by atomic mass is 10.3. The molecule has 70 valence electrons. The fourth-order valence-electron chi connectivity index (χ4n) is 1.18. The normalized spacial score (nSPS) is 21.5. The van der Waals surface area contributed by atoms with Gasteiger partial charge in [0.05, 0.1) is 6.04 Å². The molecule has 13 heavy (non-hydrogen) atoms. The summed E-state index contributed by atoms with van der Waals surface area (Å²) < 4.78 is 3.82. The Morgan fingerprint density at radius 2 is 2.54 bits per heavy atom. The van der Waals surface area contributed by atoms with Gasteiger partial charge in [0, 0.05) is 24.5 Å². The fourth-order valence-corrected chi connectivity index (χ4v) is 1.75. The highest BCUT2D eigenvalue weighted by atomic mass is 32.1. The maximum Gasteiger partial charge on any atom is 0.233 e. The molecule has 1 fully saturated rings. The second kappa shape index (κ2) is 3.17. The Hall–Kier alpha value is -1.37. The Bertz CT molecular complexity index is 325. The van der Waals surface area contributed by atoms with Crippen LogP contribution in [0, 0.1) is 0 Å². The largest absolute Gasteiger partial charge is 0.367 e. The number of rotatable bonds is 2. The van der Waals surface area contributed by atoms with Crippen molar-refractivity contribution >= 4 is 28.5 Å². The highest BCUT2D eigenvalue weighted by molar-refractivity contribution is 7.09. The van der Waals surface area contributed by atoms with Gasteiger partial charge in [0.15, 0.2) is 0 Å². The number of nitrogens with zero attached hydrogens (tertiary/aromatic N) is 2. The predicted octanol–water partition coefficient (Wildman–Crippen LogP) is -0.579. The number of hydrogen-bond acceptors (Lipinski definition) is 6. The van der Waals surface area contributed by atoms with E-state index in [9.17, 15) is 4.79 Å². The minimum absolute atomic E-state index is 0.0648. The fraction of sp³-hybridized carbons (Fsp3) is 0.500. The summed E-state index contributed by atoms with van der Waals surface area (Å²) in [6.45, 7) is 0.637. The summed E-state index contributed by atoms with van der Waals surface area (Å²) in [6, 6.07) is 0.111. The molecule has 7 heteroatoms. The van der Waals surface area contributed by atoms with E-state index in [-0.39, 0.29) is 17.9 Å². The average Bonchev–Trinajstić information content (AvgIpc) is 2.62. The van der Waals surface area contributed by atoms with E-state index >= 15 is 0 Å². The lowest BCUT2D eigenvalue weighted by Gasteiger charge is -2.06. The standard InChI is InChI=1S/C6H9N5OS/c7-5-10-6(13-11-5)9-3-1-4(12)8-2-3/h3H,1-2H2,(H,8,12)(H3,7,9,10,11). The van der Waals surface area contributed by atoms with Gasteiger partial charge < -0.3 is 16.4 Å². The van der Waals surface area contributed by atoms with Crippen molar-refractivity contribution in [3.05, 3.63) is 0 Å². The first-order valence-electron chi connectivity index (χ1n) is 3.86. The van der Waals surface area contributed by atoms with Gasteiger partial charge in [-0.1, -0.05) is 0 Å². The highest BCUT2D eigenvalue weighted by Gasteiger charge is 2.21. The molecule has 0 radical (unpaired) electrons. The number of nitrogen functional groups attached to an aromatic ring is 1. The topological polar surface area (TPSA) is 92.9 Å². The summed E-state index contributed by atoms with van der Waals surface area (Å²) in [6.07, 6.45) is 0.486. The molecular formula is C6H9N5OS. The van der Waals surface area contributed by atoms with Crippen molar-refractivity contribution in [3.63, 3.8) is 0 Å². The van der Waals surface area contributed by atoms with Gasteiger partial charge in [-0.3, -0.25) is 4.79 Å². The molecular weight excluding hydrogens is 190 g/mol. The number of hydrogen-bond donors (Lipinski definition) is 3. The smallest absolute Gasteiger partial charge is 0.233 e. The zero-order chi connectivity index (χ0) is 9.26. The molecule has 0 bridgehead atoms. The molecule has 0 spiro atoms. The summed E-state index contributed by atoms with van der Waals surface area (Å²) in [7, 11) is 0. The molecule has 1 aliphatic heterocycles. The number of carbonyl (C=O) groups is 1. The van der Waals surface area contributed by atoms with Crippen LogP contribution < -0.4 is 16.4 Å². The van der Waals surface area contributed by atoms with Gasteiger partial charge in [-0.05, 0) is 0 Å². The van der Waals surface area contributed by atoms with Crippen molar-refractivity contribution in [2.45, 2.75) is 12.5 Å². The Labute approximate surface area is 78.7 Å². The second-order valence-corrected chi connectivity index (χ2v) is 3.56. The van der Waals surface area contributed by atoms with Crippen LogP contribution in [0.1, 0.15) is 6.42 Å². The second-order valence-electron chi connectivity index (χ2n) is 2.81. The van der Waals surface area contributed by atoms with Gasteiger partial charge >= 0.3 is 0 Å². The number of anilines is 2. The Morgan fingerprint density at radius 1 is 1.69 bits per heavy atom. The lowest BCUT2D eigenvalue weighted by Crippen LogP contribution is -2.22. The van der Waals surface area contributed by atoms with Crippen molar-refractivity contribution in [2.24, 2.45) is 0 Å². The monoisotopic (exact) mass is 199 g/mol. The molecule has 4 N–H and O–H groups in total. The zero-order valence-electron chi connectivity index (χ0n) is 6.78. The third kappa shape index (κ3) is 1.86. The van der Waals surface area contributed by atoms with Gasteiger partial charge in [-0.25, -0.2) is 0 Å². The molecule has 0 saturated carbocycles. The van der Waals surface area contributed by atoms with Crippen LogP contribution in [0.2, 0.25) is 0 Å². The van der Waals surface area contributed by atoms with Crippen molar-refractivity contribution in [3.8, 4) is 0 Å². The quantitative estimate of drug-likeness (QED) is 0.592. The minimum atomic E-state index is 0.0648. The molecule has 1 atom stereocenters. The maximum atomic E-state index is 10.8. The average molecular weight is 199 g/mol. The van der Waals surface area contributed by atoms with Crippen LogP contribution in [0.3, 0.4) is 0 Å². The first-order valence-corrected chi connectivity index (χ1v) is 4.64. The van der Waals surface area contributed by atoms with Crippen LogP contribution >= 0.6 is 11.5 Å². The van der Waals surface area contributed by atoms with Gasteiger partial charge in [0.1, 0.15) is 0 Å². The van der Waals surface area contributed by atoms with E-state index in [2.05, 4.69) is 20.0 Å². The van der Waals surface area contributed by atoms with Gasteiger partial charge in [-0.15, -0.1) is 0 Å². The van der Waals surface area contributed by atoms with Crippen molar-refractivity contribution in [2.75, 3.05) is 17.6 Å². The minimum Gasteiger partial charge on any atom is -0.367 e. The molecule has 1 amide bonds. The van der Waals surface area contributed by atoms with Gasteiger partial charge in [-0.2, -0.15) is 9.36 Å². The molecule has 0 aromatic carbocycles. The molecule has 1 saturated heterocycles. The first kappa shape index (κ1) is 8.24. The third-order valence-electron chi connectivity index (χ3n) is 1.75. The van der Waals surface area contributed by atoms with E-state index in [4.69, 9.17) is 5.73 Å². The molecule has 2 heterocycles. The Morgan fingerprint density at radius 3 is 3.08 bits per heavy atom. The van der Waals surface area contributed by atoms with E-state index < -0.39 is 0 Å². The Balaban J connectivity index is 1.95. The van der Waals surface area contributed by atoms with Gasteiger partial charge in [0.2, 0.25) is 17.0 Å². The first-order chi connectivity index (χ1) is 6.24. The molecule has 2 rings (SSSR count). The highest BCUT2D eigenvalue weighted by Crippen LogP contribution is 2.15. The molecule has 0 aliphatic carbocycles. The van der Waals surface area contributed by atoms with E-state index in [1.165, 1.54) is 11.5 Å². The number of aromatic nitrogens is 2. The van der Waals surface area contributed by atoms with Crippen molar-refractivity contribution in [1.29, 1.82) is 0 Å². The van der Waals surface area contributed by atoms with E-state index in [1.807, 2.05) is 0 Å². The van der Waals surface area contributed by atoms with Gasteiger partial charge in [0.25, 0.3) is 0 Å². The predicted molar refractivity (Wildman–Crippen MR) is 49.4 cm³/mol. The molecule has 1 unspecified atom stereocenters. The van der Waals surface area contributed by atoms with Crippen LogP contribution in [-0.4, -0.2) is 27.9 Å². The van der Waals surface area contributed by atoms with Crippen molar-refractivity contribution < 1.29 is 4.79 Å². The molecule has 6 nitrogen and oxygen atoms in total. The van der Waals surface area contributed by atoms with E-state index in [0.717, 1.165) is 0 Å². The third-order valence-corrected chi connectivity index (χ3v) is 2.41. The summed E-state index contributed by atoms with van der Waals surface area (Å²) in [5.41, 5.74) is 5.35. The zero-order valence-corrected chi connectivity index (χ0v) is 7.60. The summed E-state index contributed by atoms with van der Waals surface area (Å²) in [5.74, 6) is 0.333. The van der Waals surface area contributed by atoms with Crippen LogP contribution in [0.15, 0.2) is 0 Å². The SMILES string of the molecule is Nc1nsc(NC2CNC(=O)C2)n1. The van der Waals surface area contributed by atoms with Crippen LogP contribution in [0.25, 0.3) is 0 Å². The van der Waals surface area contributed by atoms with Crippen molar-refractivity contribution in [1.82, 2.24) is 14.7 Å². The van der Waals surface area contributed by atoms with Crippen LogP contribution in [0.4, 0.5) is 11.1 Å². The van der Waals surface area contributed by atoms with Crippen LogP contribution in [-0.2, 0) is 4.79 Å². The number of amides is 1. The summed E-state index contributed by atoms with van der Waals surface area (Å²) in [4.78, 5) is 14.8.